The molecule has 1 heterocycles. The Bertz CT molecular complexity index is 699. The van der Waals surface area contributed by atoms with Crippen LogP contribution in [0.4, 0.5) is 5.13 Å². The fourth-order valence-corrected chi connectivity index (χ4v) is 3.82. The van der Waals surface area contributed by atoms with E-state index >= 15 is 0 Å². The third kappa shape index (κ3) is 3.82. The lowest BCUT2D eigenvalue weighted by atomic mass is 9.93. The van der Waals surface area contributed by atoms with E-state index < -0.39 is 0 Å². The summed E-state index contributed by atoms with van der Waals surface area (Å²) < 4.78 is 10.7. The number of nitrogens with one attached hydrogen (secondary N) is 1. The Balaban J connectivity index is 1.57. The van der Waals surface area contributed by atoms with Gasteiger partial charge >= 0.3 is 0 Å². The highest BCUT2D eigenvalue weighted by Crippen LogP contribution is 2.32. The Morgan fingerprint density at radius 2 is 2.17 bits per heavy atom. The monoisotopic (exact) mass is 332 g/mol. The second-order valence-electron chi connectivity index (χ2n) is 5.72. The first-order chi connectivity index (χ1) is 11.2. The van der Waals surface area contributed by atoms with E-state index in [-0.39, 0.29) is 12.5 Å². The summed E-state index contributed by atoms with van der Waals surface area (Å²) in [5.41, 5.74) is 1.13. The Morgan fingerprint density at radius 3 is 2.96 bits per heavy atom. The van der Waals surface area contributed by atoms with Crippen molar-refractivity contribution in [2.75, 3.05) is 19.0 Å². The Morgan fingerprint density at radius 1 is 1.39 bits per heavy atom. The van der Waals surface area contributed by atoms with E-state index in [0.29, 0.717) is 22.5 Å². The molecule has 1 atom stereocenters. The fourth-order valence-electron chi connectivity index (χ4n) is 2.63. The summed E-state index contributed by atoms with van der Waals surface area (Å²) in [6.45, 7) is 2.18. The van der Waals surface area contributed by atoms with Crippen molar-refractivity contribution in [3.8, 4) is 11.5 Å². The maximum Gasteiger partial charge on any atom is 0.264 e. The van der Waals surface area contributed by atoms with Crippen LogP contribution in [0.3, 0.4) is 0 Å². The molecule has 3 rings (SSSR count). The smallest absolute Gasteiger partial charge is 0.264 e. The molecule has 0 bridgehead atoms. The molecule has 0 saturated heterocycles. The van der Waals surface area contributed by atoms with Crippen LogP contribution in [0.25, 0.3) is 0 Å². The number of hydrogen-bond donors (Lipinski definition) is 1. The summed E-state index contributed by atoms with van der Waals surface area (Å²) in [5, 5.41) is 3.49. The van der Waals surface area contributed by atoms with Gasteiger partial charge in [-0.2, -0.15) is 0 Å². The molecule has 0 saturated carbocycles. The van der Waals surface area contributed by atoms with Gasteiger partial charge in [-0.15, -0.1) is 11.3 Å². The molecule has 2 aromatic rings. The molecule has 1 aliphatic rings. The number of aromatic nitrogens is 1. The number of aryl methyl sites for hydroxylation is 1. The fraction of sp³-hybridized carbons (Fsp3) is 0.412. The largest absolute Gasteiger partial charge is 0.493 e. The van der Waals surface area contributed by atoms with Gasteiger partial charge in [-0.1, -0.05) is 19.1 Å². The number of para-hydroxylation sites is 2. The molecule has 6 heteroatoms. The summed E-state index contributed by atoms with van der Waals surface area (Å²) >= 11 is 1.57. The number of fused-ring (bicyclic) bond motifs is 1. The van der Waals surface area contributed by atoms with Crippen molar-refractivity contribution in [1.29, 1.82) is 0 Å². The van der Waals surface area contributed by atoms with Crippen LogP contribution in [0, 0.1) is 5.92 Å². The number of methoxy groups -OCH3 is 1. The molecule has 1 aromatic carbocycles. The van der Waals surface area contributed by atoms with Gasteiger partial charge in [0.1, 0.15) is 0 Å². The minimum Gasteiger partial charge on any atom is -0.493 e. The third-order valence-electron chi connectivity index (χ3n) is 3.86. The van der Waals surface area contributed by atoms with E-state index in [4.69, 9.17) is 9.47 Å². The lowest BCUT2D eigenvalue weighted by molar-refractivity contribution is -0.118. The zero-order chi connectivity index (χ0) is 16.2. The van der Waals surface area contributed by atoms with Gasteiger partial charge in [0.15, 0.2) is 23.2 Å². The predicted molar refractivity (Wildman–Crippen MR) is 90.4 cm³/mol. The average molecular weight is 332 g/mol. The number of thiazole rings is 1. The van der Waals surface area contributed by atoms with Gasteiger partial charge < -0.3 is 9.47 Å². The Labute approximate surface area is 139 Å². The van der Waals surface area contributed by atoms with Crippen molar-refractivity contribution in [2.24, 2.45) is 5.92 Å². The van der Waals surface area contributed by atoms with E-state index in [2.05, 4.69) is 17.2 Å². The maximum atomic E-state index is 12.1. The molecule has 122 valence electrons. The van der Waals surface area contributed by atoms with Crippen LogP contribution in [-0.2, 0) is 17.6 Å². The molecule has 0 unspecified atom stereocenters. The third-order valence-corrected chi connectivity index (χ3v) is 4.90. The van der Waals surface area contributed by atoms with Crippen LogP contribution in [0.1, 0.15) is 23.9 Å². The number of anilines is 1. The van der Waals surface area contributed by atoms with Crippen molar-refractivity contribution >= 4 is 22.4 Å². The molecule has 23 heavy (non-hydrogen) atoms. The first-order valence-electron chi connectivity index (χ1n) is 7.70. The Kier molecular flexibility index (Phi) is 4.81. The zero-order valence-corrected chi connectivity index (χ0v) is 14.1. The second kappa shape index (κ2) is 7.00. The molecule has 1 aromatic heterocycles. The van der Waals surface area contributed by atoms with Gasteiger partial charge in [-0.05, 0) is 37.3 Å². The van der Waals surface area contributed by atoms with Crippen molar-refractivity contribution in [2.45, 2.75) is 26.2 Å². The summed E-state index contributed by atoms with van der Waals surface area (Å²) in [4.78, 5) is 17.9. The summed E-state index contributed by atoms with van der Waals surface area (Å²) in [6, 6.07) is 7.26. The topological polar surface area (TPSA) is 60.5 Å². The molecule has 0 radical (unpaired) electrons. The van der Waals surface area contributed by atoms with E-state index in [1.54, 1.807) is 30.6 Å². The first-order valence-corrected chi connectivity index (χ1v) is 8.51. The molecule has 0 fully saturated rings. The number of carbonyl (C=O) groups is 1. The number of benzene rings is 1. The SMILES string of the molecule is COc1ccccc1OCC(=O)Nc1nc2c(s1)C[C@@H](C)CC2. The van der Waals surface area contributed by atoms with Gasteiger partial charge in [0.05, 0.1) is 12.8 Å². The maximum absolute atomic E-state index is 12.1. The normalized spacial score (nSPS) is 16.5. The van der Waals surface area contributed by atoms with Crippen LogP contribution in [0.2, 0.25) is 0 Å². The van der Waals surface area contributed by atoms with Gasteiger partial charge in [0.2, 0.25) is 0 Å². The van der Waals surface area contributed by atoms with Gasteiger partial charge in [0, 0.05) is 4.88 Å². The van der Waals surface area contributed by atoms with E-state index in [1.807, 2.05) is 12.1 Å². The Hall–Kier alpha value is -2.08. The summed E-state index contributed by atoms with van der Waals surface area (Å²) in [7, 11) is 1.57. The average Bonchev–Trinajstić information content (AvgIpc) is 2.94. The standard InChI is InChI=1S/C17H20N2O3S/c1-11-7-8-12-15(9-11)23-17(18-12)19-16(20)10-22-14-6-4-3-5-13(14)21-2/h3-6,11H,7-10H2,1-2H3,(H,18,19,20)/t11-/m0/s1. The number of amides is 1. The van der Waals surface area contributed by atoms with Crippen molar-refractivity contribution in [3.63, 3.8) is 0 Å². The minimum atomic E-state index is -0.213. The molecule has 0 spiro atoms. The van der Waals surface area contributed by atoms with Crippen LogP contribution < -0.4 is 14.8 Å². The van der Waals surface area contributed by atoms with E-state index in [0.717, 1.165) is 18.5 Å². The minimum absolute atomic E-state index is 0.0684. The molecular formula is C17H20N2O3S. The first kappa shape index (κ1) is 15.8. The zero-order valence-electron chi connectivity index (χ0n) is 13.3. The molecular weight excluding hydrogens is 312 g/mol. The van der Waals surface area contributed by atoms with Crippen molar-refractivity contribution in [3.05, 3.63) is 34.8 Å². The second-order valence-corrected chi connectivity index (χ2v) is 6.81. The van der Waals surface area contributed by atoms with Gasteiger partial charge in [-0.3, -0.25) is 10.1 Å². The lowest BCUT2D eigenvalue weighted by Gasteiger charge is -2.15. The predicted octanol–water partition coefficient (Wildman–Crippen LogP) is 3.29. The summed E-state index contributed by atoms with van der Waals surface area (Å²) in [6.07, 6.45) is 3.22. The molecule has 1 N–H and O–H groups in total. The molecule has 1 amide bonds. The van der Waals surface area contributed by atoms with Gasteiger partial charge in [0.25, 0.3) is 5.91 Å². The molecule has 5 nitrogen and oxygen atoms in total. The molecule has 0 aliphatic heterocycles. The number of ether oxygens (including phenoxy) is 2. The highest BCUT2D eigenvalue weighted by atomic mass is 32.1. The summed E-state index contributed by atoms with van der Waals surface area (Å²) in [5.74, 6) is 1.65. The van der Waals surface area contributed by atoms with Crippen molar-refractivity contribution in [1.82, 2.24) is 4.98 Å². The van der Waals surface area contributed by atoms with E-state index in [1.165, 1.54) is 11.3 Å². The van der Waals surface area contributed by atoms with Crippen LogP contribution in [0.5, 0.6) is 11.5 Å². The number of rotatable bonds is 5. The van der Waals surface area contributed by atoms with Crippen LogP contribution >= 0.6 is 11.3 Å². The number of hydrogen-bond acceptors (Lipinski definition) is 5. The highest BCUT2D eigenvalue weighted by Gasteiger charge is 2.20. The van der Waals surface area contributed by atoms with Crippen LogP contribution in [0.15, 0.2) is 24.3 Å². The van der Waals surface area contributed by atoms with Crippen molar-refractivity contribution < 1.29 is 14.3 Å². The quantitative estimate of drug-likeness (QED) is 0.913. The van der Waals surface area contributed by atoms with Crippen LogP contribution in [-0.4, -0.2) is 24.6 Å². The van der Waals surface area contributed by atoms with Gasteiger partial charge in [-0.25, -0.2) is 4.98 Å². The molecule has 1 aliphatic carbocycles. The van der Waals surface area contributed by atoms with E-state index in [9.17, 15) is 4.79 Å². The lowest BCUT2D eigenvalue weighted by Crippen LogP contribution is -2.20. The highest BCUT2D eigenvalue weighted by molar-refractivity contribution is 7.15. The number of nitrogens with zero attached hydrogens (tertiary/aromatic N) is 1. The number of carbonyl (C=O) groups excluding carboxylic acids is 1.